The molecule has 0 aliphatic carbocycles. The second kappa shape index (κ2) is 9.07. The maximum atomic E-state index is 14.3. The number of nitrogens with one attached hydrogen (secondary N) is 2. The molecule has 1 atom stereocenters. The number of halogens is 4. The van der Waals surface area contributed by atoms with Crippen LogP contribution in [0.3, 0.4) is 0 Å². The lowest BCUT2D eigenvalue weighted by Crippen LogP contribution is -2.42. The predicted octanol–water partition coefficient (Wildman–Crippen LogP) is 3.36. The third-order valence-corrected chi connectivity index (χ3v) is 5.17. The van der Waals surface area contributed by atoms with Gasteiger partial charge in [0, 0.05) is 18.5 Å². The highest BCUT2D eigenvalue weighted by atomic mass is 19.4. The van der Waals surface area contributed by atoms with Gasteiger partial charge in [-0.15, -0.1) is 13.2 Å². The van der Waals surface area contributed by atoms with E-state index in [1.54, 1.807) is 18.2 Å². The monoisotopic (exact) mass is 505 g/mol. The average molecular weight is 505 g/mol. The van der Waals surface area contributed by atoms with E-state index in [4.69, 9.17) is 0 Å². The van der Waals surface area contributed by atoms with Crippen LogP contribution in [0.5, 0.6) is 5.75 Å². The Hall–Kier alpha value is -4.26. The van der Waals surface area contributed by atoms with E-state index < -0.39 is 41.0 Å². The molecule has 36 heavy (non-hydrogen) atoms. The zero-order valence-electron chi connectivity index (χ0n) is 18.8. The minimum Gasteiger partial charge on any atom is -0.403 e. The van der Waals surface area contributed by atoms with Crippen LogP contribution in [0.2, 0.25) is 0 Å². The Labute approximate surface area is 200 Å². The van der Waals surface area contributed by atoms with Gasteiger partial charge in [-0.05, 0) is 43.7 Å². The molecule has 0 radical (unpaired) electrons. The van der Waals surface area contributed by atoms with Crippen molar-refractivity contribution in [1.29, 1.82) is 0 Å². The van der Waals surface area contributed by atoms with Gasteiger partial charge in [0.1, 0.15) is 5.56 Å². The number of rotatable bonds is 6. The number of ether oxygens (including phenoxy) is 1. The molecule has 0 spiro atoms. The van der Waals surface area contributed by atoms with Crippen molar-refractivity contribution in [3.63, 3.8) is 0 Å². The number of hydrogen-bond acceptors (Lipinski definition) is 6. The molecular formula is C23H19F4N5O4. The molecule has 4 rings (SSSR count). The summed E-state index contributed by atoms with van der Waals surface area (Å²) in [5.41, 5.74) is -1.70. The molecule has 3 heterocycles. The second-order valence-electron chi connectivity index (χ2n) is 8.34. The van der Waals surface area contributed by atoms with Gasteiger partial charge in [0.15, 0.2) is 17.2 Å². The van der Waals surface area contributed by atoms with E-state index in [1.807, 2.05) is 0 Å². The fourth-order valence-corrected chi connectivity index (χ4v) is 3.57. The number of pyridine rings is 1. The summed E-state index contributed by atoms with van der Waals surface area (Å²) in [6.07, 6.45) is -2.36. The lowest BCUT2D eigenvalue weighted by atomic mass is 9.91. The van der Waals surface area contributed by atoms with Crippen LogP contribution < -0.4 is 15.6 Å². The van der Waals surface area contributed by atoms with Crippen molar-refractivity contribution in [2.45, 2.75) is 31.9 Å². The Morgan fingerprint density at radius 2 is 1.92 bits per heavy atom. The third-order valence-electron chi connectivity index (χ3n) is 5.17. The molecule has 3 N–H and O–H groups in total. The lowest BCUT2D eigenvalue weighted by molar-refractivity contribution is -0.275. The number of nitrogens with zero attached hydrogens (tertiary/aromatic N) is 3. The minimum atomic E-state index is -5.10. The molecule has 0 saturated heterocycles. The number of aromatic nitrogens is 4. The number of carbonyl (C=O) groups is 1. The number of aromatic amines is 1. The summed E-state index contributed by atoms with van der Waals surface area (Å²) >= 11 is 0. The normalized spacial score (nSPS) is 13.0. The van der Waals surface area contributed by atoms with Crippen LogP contribution in [-0.2, 0) is 0 Å². The number of H-pyrrole nitrogens is 1. The number of amides is 1. The molecule has 188 valence electrons. The van der Waals surface area contributed by atoms with Crippen molar-refractivity contribution in [2.75, 3.05) is 0 Å². The van der Waals surface area contributed by atoms with E-state index in [0.29, 0.717) is 5.69 Å². The van der Waals surface area contributed by atoms with Crippen LogP contribution in [0.15, 0.2) is 59.7 Å². The van der Waals surface area contributed by atoms with Crippen LogP contribution in [0.4, 0.5) is 17.6 Å². The van der Waals surface area contributed by atoms with E-state index >= 15 is 0 Å². The molecule has 3 aromatic heterocycles. The van der Waals surface area contributed by atoms with Gasteiger partial charge in [-0.1, -0.05) is 12.1 Å². The van der Waals surface area contributed by atoms with Crippen LogP contribution in [0, 0.1) is 5.82 Å². The SMILES string of the molecule is CC(C)(O)C(NC(=O)c1c[nH]n2c(=O)cc(-c3ccccn3)nc12)c1ccc(OC(F)(F)F)c(F)c1. The van der Waals surface area contributed by atoms with Gasteiger partial charge in [0.05, 0.1) is 23.0 Å². The highest BCUT2D eigenvalue weighted by Gasteiger charge is 2.34. The number of aliphatic hydroxyl groups is 1. The Morgan fingerprint density at radius 1 is 1.17 bits per heavy atom. The van der Waals surface area contributed by atoms with Crippen LogP contribution in [0.25, 0.3) is 17.0 Å². The predicted molar refractivity (Wildman–Crippen MR) is 119 cm³/mol. The molecule has 0 aliphatic rings. The molecule has 0 fully saturated rings. The van der Waals surface area contributed by atoms with Crippen molar-refractivity contribution in [3.8, 4) is 17.1 Å². The molecule has 0 bridgehead atoms. The number of fused-ring (bicyclic) bond motifs is 1. The average Bonchev–Trinajstić information content (AvgIpc) is 3.22. The van der Waals surface area contributed by atoms with E-state index in [2.05, 4.69) is 25.1 Å². The Balaban J connectivity index is 1.69. The number of carbonyl (C=O) groups excluding carboxylic acids is 1. The Morgan fingerprint density at radius 3 is 2.53 bits per heavy atom. The summed E-state index contributed by atoms with van der Waals surface area (Å²) < 4.78 is 56.4. The largest absolute Gasteiger partial charge is 0.573 e. The first-order valence-corrected chi connectivity index (χ1v) is 10.4. The van der Waals surface area contributed by atoms with Crippen LogP contribution in [-0.4, -0.2) is 42.6 Å². The van der Waals surface area contributed by atoms with Crippen molar-refractivity contribution >= 4 is 11.6 Å². The number of alkyl halides is 3. The second-order valence-corrected chi connectivity index (χ2v) is 8.34. The standard InChI is InChI=1S/C23H19F4N5O4/c1-22(2,35)19(12-6-7-17(14(24)9-12)36-23(25,26)27)31-21(34)13-11-29-32-18(33)10-16(30-20(13)32)15-5-3-4-8-28-15/h3-11,19,29,35H,1-2H3,(H,31,34). The maximum Gasteiger partial charge on any atom is 0.573 e. The molecule has 1 aromatic carbocycles. The van der Waals surface area contributed by atoms with E-state index in [-0.39, 0.29) is 22.5 Å². The zero-order chi connectivity index (χ0) is 26.3. The quantitative estimate of drug-likeness (QED) is 0.346. The fraction of sp³-hybridized carbons (Fsp3) is 0.217. The molecule has 1 unspecified atom stereocenters. The first kappa shape index (κ1) is 24.9. The van der Waals surface area contributed by atoms with Crippen molar-refractivity contribution in [3.05, 3.63) is 82.2 Å². The minimum absolute atomic E-state index is 0.0259. The van der Waals surface area contributed by atoms with Gasteiger partial charge >= 0.3 is 6.36 Å². The van der Waals surface area contributed by atoms with Crippen molar-refractivity contribution in [1.82, 2.24) is 24.9 Å². The van der Waals surface area contributed by atoms with E-state index in [1.165, 1.54) is 32.3 Å². The van der Waals surface area contributed by atoms with Crippen LogP contribution in [0.1, 0.15) is 35.8 Å². The van der Waals surface area contributed by atoms with Gasteiger partial charge in [-0.25, -0.2) is 13.9 Å². The summed E-state index contributed by atoms with van der Waals surface area (Å²) in [7, 11) is 0. The van der Waals surface area contributed by atoms with E-state index in [9.17, 15) is 32.3 Å². The highest BCUT2D eigenvalue weighted by molar-refractivity contribution is 6.00. The molecular weight excluding hydrogens is 486 g/mol. The third kappa shape index (κ3) is 5.20. The molecule has 9 nitrogen and oxygen atoms in total. The fourth-order valence-electron chi connectivity index (χ4n) is 3.57. The molecule has 1 amide bonds. The first-order valence-electron chi connectivity index (χ1n) is 10.4. The number of benzene rings is 1. The molecule has 0 aliphatic heterocycles. The van der Waals surface area contributed by atoms with Gasteiger partial charge < -0.3 is 15.2 Å². The Bertz CT molecular complexity index is 1480. The summed E-state index contributed by atoms with van der Waals surface area (Å²) in [5, 5.41) is 15.8. The summed E-state index contributed by atoms with van der Waals surface area (Å²) in [4.78, 5) is 34.2. The van der Waals surface area contributed by atoms with Crippen LogP contribution >= 0.6 is 0 Å². The lowest BCUT2D eigenvalue weighted by Gasteiger charge is -2.30. The summed E-state index contributed by atoms with van der Waals surface area (Å²) in [6.45, 7) is 2.65. The summed E-state index contributed by atoms with van der Waals surface area (Å²) in [5.74, 6) is -3.19. The highest BCUT2D eigenvalue weighted by Crippen LogP contribution is 2.31. The maximum absolute atomic E-state index is 14.3. The zero-order valence-corrected chi connectivity index (χ0v) is 18.8. The van der Waals surface area contributed by atoms with Gasteiger partial charge in [-0.3, -0.25) is 19.7 Å². The Kier molecular flexibility index (Phi) is 6.26. The number of hydrogen-bond donors (Lipinski definition) is 3. The van der Waals surface area contributed by atoms with Gasteiger partial charge in [-0.2, -0.15) is 0 Å². The first-order chi connectivity index (χ1) is 16.8. The molecule has 0 saturated carbocycles. The van der Waals surface area contributed by atoms with E-state index in [0.717, 1.165) is 22.7 Å². The topological polar surface area (TPSA) is 122 Å². The summed E-state index contributed by atoms with van der Waals surface area (Å²) in [6, 6.07) is 7.55. The molecule has 4 aromatic rings. The van der Waals surface area contributed by atoms with Gasteiger partial charge in [0.25, 0.3) is 11.5 Å². The van der Waals surface area contributed by atoms with Crippen molar-refractivity contribution in [2.24, 2.45) is 0 Å². The van der Waals surface area contributed by atoms with Gasteiger partial charge in [0.2, 0.25) is 0 Å². The smallest absolute Gasteiger partial charge is 0.403 e. The molecule has 13 heteroatoms. The van der Waals surface area contributed by atoms with Crippen molar-refractivity contribution < 1.29 is 32.2 Å².